The van der Waals surface area contributed by atoms with Gasteiger partial charge in [0.1, 0.15) is 5.75 Å². The Bertz CT molecular complexity index is 589. The molecule has 0 N–H and O–H groups in total. The highest BCUT2D eigenvalue weighted by Gasteiger charge is 2.19. The van der Waals surface area contributed by atoms with Crippen LogP contribution in [0.25, 0.3) is 11.1 Å². The number of benzene rings is 2. The van der Waals surface area contributed by atoms with Gasteiger partial charge in [0.2, 0.25) is 0 Å². The summed E-state index contributed by atoms with van der Waals surface area (Å²) in [6, 6.07) is 18.4. The first-order valence-electron chi connectivity index (χ1n) is 6.23. The lowest BCUT2D eigenvalue weighted by Crippen LogP contribution is -2.13. The van der Waals surface area contributed by atoms with Gasteiger partial charge >= 0.3 is 0 Å². The second-order valence-corrected chi connectivity index (χ2v) is 5.04. The normalized spacial score (nSPS) is 10.8. The summed E-state index contributed by atoms with van der Waals surface area (Å²) in [6.07, 6.45) is 0. The Labute approximate surface area is 114 Å². The van der Waals surface area contributed by atoms with Gasteiger partial charge < -0.3 is 4.74 Å². The van der Waals surface area contributed by atoms with Crippen molar-refractivity contribution in [1.29, 1.82) is 5.26 Å². The van der Waals surface area contributed by atoms with Crippen molar-refractivity contribution in [2.45, 2.75) is 19.3 Å². The van der Waals surface area contributed by atoms with Crippen molar-refractivity contribution >= 4 is 0 Å². The van der Waals surface area contributed by atoms with Crippen molar-refractivity contribution in [3.05, 3.63) is 54.1 Å². The lowest BCUT2D eigenvalue weighted by molar-refractivity contribution is 0.415. The molecule has 2 heteroatoms. The Hall–Kier alpha value is -2.27. The summed E-state index contributed by atoms with van der Waals surface area (Å²) >= 11 is 0. The molecule has 0 saturated carbocycles. The minimum Gasteiger partial charge on any atom is -0.497 e. The van der Waals surface area contributed by atoms with E-state index in [9.17, 15) is 0 Å². The Morgan fingerprint density at radius 1 is 0.895 bits per heavy atom. The van der Waals surface area contributed by atoms with E-state index in [-0.39, 0.29) is 0 Å². The third kappa shape index (κ3) is 2.77. The van der Waals surface area contributed by atoms with Crippen LogP contribution in [0.1, 0.15) is 19.4 Å². The Kier molecular flexibility index (Phi) is 3.57. The molecule has 19 heavy (non-hydrogen) atoms. The predicted molar refractivity (Wildman–Crippen MR) is 77.1 cm³/mol. The van der Waals surface area contributed by atoms with Gasteiger partial charge in [0.05, 0.1) is 18.6 Å². The topological polar surface area (TPSA) is 33.0 Å². The van der Waals surface area contributed by atoms with Gasteiger partial charge in [-0.1, -0.05) is 36.4 Å². The van der Waals surface area contributed by atoms with Gasteiger partial charge in [0.15, 0.2) is 0 Å². The average Bonchev–Trinajstić information content (AvgIpc) is 2.47. The third-order valence-corrected chi connectivity index (χ3v) is 3.31. The first-order valence-corrected chi connectivity index (χ1v) is 6.23. The van der Waals surface area contributed by atoms with Crippen LogP contribution in [0.2, 0.25) is 0 Å². The molecular weight excluding hydrogens is 234 g/mol. The number of nitrogens with zero attached hydrogens (tertiary/aromatic N) is 1. The highest BCUT2D eigenvalue weighted by molar-refractivity contribution is 5.64. The fourth-order valence-corrected chi connectivity index (χ4v) is 1.93. The van der Waals surface area contributed by atoms with Crippen molar-refractivity contribution in [3.63, 3.8) is 0 Å². The van der Waals surface area contributed by atoms with Gasteiger partial charge in [0.25, 0.3) is 0 Å². The molecule has 0 unspecified atom stereocenters. The van der Waals surface area contributed by atoms with E-state index in [1.807, 2.05) is 50.2 Å². The van der Waals surface area contributed by atoms with Gasteiger partial charge in [-0.2, -0.15) is 5.26 Å². The van der Waals surface area contributed by atoms with Crippen LogP contribution in [-0.2, 0) is 5.41 Å². The molecule has 0 radical (unpaired) electrons. The van der Waals surface area contributed by atoms with E-state index in [1.165, 1.54) is 0 Å². The SMILES string of the molecule is COc1ccc(-c2ccc(C(C)(C)C#N)cc2)cc1. The summed E-state index contributed by atoms with van der Waals surface area (Å²) in [7, 11) is 1.66. The molecule has 0 spiro atoms. The number of rotatable bonds is 3. The molecule has 2 nitrogen and oxygen atoms in total. The summed E-state index contributed by atoms with van der Waals surface area (Å²) < 4.78 is 5.15. The molecule has 0 heterocycles. The molecule has 2 rings (SSSR count). The summed E-state index contributed by atoms with van der Waals surface area (Å²) in [6.45, 7) is 3.85. The third-order valence-electron chi connectivity index (χ3n) is 3.31. The van der Waals surface area contributed by atoms with E-state index < -0.39 is 5.41 Å². The first kappa shape index (κ1) is 13.2. The van der Waals surface area contributed by atoms with Crippen molar-refractivity contribution < 1.29 is 4.74 Å². The maximum Gasteiger partial charge on any atom is 0.118 e. The van der Waals surface area contributed by atoms with Gasteiger partial charge in [0, 0.05) is 0 Å². The minimum atomic E-state index is -0.446. The molecule has 0 aliphatic heterocycles. The second-order valence-electron chi connectivity index (χ2n) is 5.04. The standard InChI is InChI=1S/C17H17NO/c1-17(2,12-18)15-8-4-13(5-9-15)14-6-10-16(19-3)11-7-14/h4-11H,1-3H3. The van der Waals surface area contributed by atoms with E-state index in [2.05, 4.69) is 18.2 Å². The lowest BCUT2D eigenvalue weighted by atomic mass is 9.85. The molecule has 0 aliphatic rings. The predicted octanol–water partition coefficient (Wildman–Crippen LogP) is 4.16. The van der Waals surface area contributed by atoms with Crippen molar-refractivity contribution in [3.8, 4) is 22.9 Å². The average molecular weight is 251 g/mol. The highest BCUT2D eigenvalue weighted by Crippen LogP contribution is 2.27. The zero-order chi connectivity index (χ0) is 13.9. The number of hydrogen-bond acceptors (Lipinski definition) is 2. The second kappa shape index (κ2) is 5.16. The van der Waals surface area contributed by atoms with Gasteiger partial charge in [-0.3, -0.25) is 0 Å². The molecule has 0 atom stereocenters. The molecular formula is C17H17NO. The highest BCUT2D eigenvalue weighted by atomic mass is 16.5. The number of ether oxygens (including phenoxy) is 1. The Balaban J connectivity index is 2.30. The number of hydrogen-bond donors (Lipinski definition) is 0. The molecule has 0 saturated heterocycles. The first-order chi connectivity index (χ1) is 9.06. The van der Waals surface area contributed by atoms with E-state index in [4.69, 9.17) is 10.00 Å². The zero-order valence-electron chi connectivity index (χ0n) is 11.5. The van der Waals surface area contributed by atoms with Crippen LogP contribution in [0.3, 0.4) is 0 Å². The molecule has 0 aromatic heterocycles. The molecule has 0 amide bonds. The summed E-state index contributed by atoms with van der Waals surface area (Å²) in [4.78, 5) is 0. The van der Waals surface area contributed by atoms with Crippen molar-refractivity contribution in [2.75, 3.05) is 7.11 Å². The summed E-state index contributed by atoms with van der Waals surface area (Å²) in [5, 5.41) is 9.13. The fraction of sp³-hybridized carbons (Fsp3) is 0.235. The van der Waals surface area contributed by atoms with E-state index in [0.29, 0.717) is 0 Å². The maximum atomic E-state index is 9.13. The Morgan fingerprint density at radius 2 is 1.37 bits per heavy atom. The van der Waals surface area contributed by atoms with Crippen LogP contribution in [0.4, 0.5) is 0 Å². The van der Waals surface area contributed by atoms with Gasteiger partial charge in [-0.25, -0.2) is 0 Å². The lowest BCUT2D eigenvalue weighted by Gasteiger charge is -2.16. The zero-order valence-corrected chi connectivity index (χ0v) is 11.5. The monoisotopic (exact) mass is 251 g/mol. The van der Waals surface area contributed by atoms with Crippen LogP contribution in [0.15, 0.2) is 48.5 Å². The largest absolute Gasteiger partial charge is 0.497 e. The Morgan fingerprint density at radius 3 is 1.79 bits per heavy atom. The summed E-state index contributed by atoms with van der Waals surface area (Å²) in [5.41, 5.74) is 2.87. The molecule has 0 aliphatic carbocycles. The van der Waals surface area contributed by atoms with Crippen LogP contribution in [0.5, 0.6) is 5.75 Å². The van der Waals surface area contributed by atoms with Crippen LogP contribution in [0, 0.1) is 11.3 Å². The quantitative estimate of drug-likeness (QED) is 0.820. The van der Waals surface area contributed by atoms with Gasteiger partial charge in [-0.05, 0) is 42.7 Å². The van der Waals surface area contributed by atoms with E-state index >= 15 is 0 Å². The van der Waals surface area contributed by atoms with Crippen LogP contribution >= 0.6 is 0 Å². The number of methoxy groups -OCH3 is 1. The van der Waals surface area contributed by atoms with Crippen molar-refractivity contribution in [2.24, 2.45) is 0 Å². The molecule has 2 aromatic rings. The summed E-state index contributed by atoms with van der Waals surface area (Å²) in [5.74, 6) is 0.853. The van der Waals surface area contributed by atoms with Crippen LogP contribution in [-0.4, -0.2) is 7.11 Å². The maximum absolute atomic E-state index is 9.13. The van der Waals surface area contributed by atoms with Gasteiger partial charge in [-0.15, -0.1) is 0 Å². The minimum absolute atomic E-state index is 0.446. The van der Waals surface area contributed by atoms with Crippen molar-refractivity contribution in [1.82, 2.24) is 0 Å². The molecule has 0 bridgehead atoms. The molecule has 2 aromatic carbocycles. The fourth-order valence-electron chi connectivity index (χ4n) is 1.93. The number of nitriles is 1. The van der Waals surface area contributed by atoms with Crippen LogP contribution < -0.4 is 4.74 Å². The molecule has 96 valence electrons. The smallest absolute Gasteiger partial charge is 0.118 e. The molecule has 0 fully saturated rings. The van der Waals surface area contributed by atoms with E-state index in [0.717, 1.165) is 22.4 Å². The van der Waals surface area contributed by atoms with E-state index in [1.54, 1.807) is 7.11 Å².